The summed E-state index contributed by atoms with van der Waals surface area (Å²) >= 11 is 1.73. The lowest BCUT2D eigenvalue weighted by atomic mass is 10.2. The van der Waals surface area contributed by atoms with E-state index >= 15 is 0 Å². The SMILES string of the molecule is CC(C)CSc1nnnn1CC(C)C. The normalized spacial score (nSPS) is 11.6. The van der Waals surface area contributed by atoms with Crippen molar-refractivity contribution in [2.45, 2.75) is 39.4 Å². The van der Waals surface area contributed by atoms with Gasteiger partial charge in [0.1, 0.15) is 0 Å². The van der Waals surface area contributed by atoms with Gasteiger partial charge in [0.05, 0.1) is 0 Å². The molecule has 80 valence electrons. The third-order valence-electron chi connectivity index (χ3n) is 1.58. The van der Waals surface area contributed by atoms with Crippen molar-refractivity contribution in [2.24, 2.45) is 11.8 Å². The van der Waals surface area contributed by atoms with Crippen LogP contribution in [-0.4, -0.2) is 26.0 Å². The Balaban J connectivity index is 2.53. The lowest BCUT2D eigenvalue weighted by molar-refractivity contribution is 0.445. The summed E-state index contributed by atoms with van der Waals surface area (Å²) in [6, 6.07) is 0. The number of nitrogens with zero attached hydrogens (tertiary/aromatic N) is 4. The van der Waals surface area contributed by atoms with Crippen LogP contribution < -0.4 is 0 Å². The molecular formula is C9H18N4S. The van der Waals surface area contributed by atoms with E-state index in [-0.39, 0.29) is 0 Å². The van der Waals surface area contributed by atoms with Crippen molar-refractivity contribution in [2.75, 3.05) is 5.75 Å². The molecule has 0 unspecified atom stereocenters. The molecular weight excluding hydrogens is 196 g/mol. The number of thioether (sulfide) groups is 1. The van der Waals surface area contributed by atoms with Crippen molar-refractivity contribution in [1.82, 2.24) is 20.2 Å². The van der Waals surface area contributed by atoms with E-state index in [0.717, 1.165) is 17.5 Å². The van der Waals surface area contributed by atoms with E-state index in [2.05, 4.69) is 43.2 Å². The molecule has 1 heterocycles. The highest BCUT2D eigenvalue weighted by atomic mass is 32.2. The first kappa shape index (κ1) is 11.5. The molecule has 0 radical (unpaired) electrons. The molecule has 0 N–H and O–H groups in total. The zero-order valence-electron chi connectivity index (χ0n) is 9.27. The van der Waals surface area contributed by atoms with Crippen molar-refractivity contribution >= 4 is 11.8 Å². The van der Waals surface area contributed by atoms with Crippen LogP contribution in [0.1, 0.15) is 27.7 Å². The lowest BCUT2D eigenvalue weighted by Crippen LogP contribution is -2.08. The van der Waals surface area contributed by atoms with Gasteiger partial charge < -0.3 is 0 Å². The summed E-state index contributed by atoms with van der Waals surface area (Å²) in [6.07, 6.45) is 0. The molecule has 0 aliphatic rings. The largest absolute Gasteiger partial charge is 0.220 e. The Hall–Kier alpha value is -0.580. The Morgan fingerprint density at radius 1 is 1.21 bits per heavy atom. The van der Waals surface area contributed by atoms with Gasteiger partial charge >= 0.3 is 0 Å². The summed E-state index contributed by atoms with van der Waals surface area (Å²) in [5.41, 5.74) is 0. The predicted octanol–water partition coefficient (Wildman–Crippen LogP) is 2.08. The first-order valence-electron chi connectivity index (χ1n) is 4.98. The Labute approximate surface area is 89.5 Å². The van der Waals surface area contributed by atoms with E-state index in [0.29, 0.717) is 11.8 Å². The minimum Gasteiger partial charge on any atom is -0.220 e. The van der Waals surface area contributed by atoms with Crippen LogP contribution in [0.5, 0.6) is 0 Å². The maximum atomic E-state index is 4.01. The highest BCUT2D eigenvalue weighted by molar-refractivity contribution is 7.99. The zero-order valence-corrected chi connectivity index (χ0v) is 10.1. The molecule has 1 rings (SSSR count). The quantitative estimate of drug-likeness (QED) is 0.704. The maximum Gasteiger partial charge on any atom is 0.209 e. The average Bonchev–Trinajstić information content (AvgIpc) is 2.47. The second kappa shape index (κ2) is 5.34. The van der Waals surface area contributed by atoms with Gasteiger partial charge in [-0.1, -0.05) is 39.5 Å². The Morgan fingerprint density at radius 3 is 2.50 bits per heavy atom. The molecule has 0 bridgehead atoms. The van der Waals surface area contributed by atoms with Crippen LogP contribution in [0.25, 0.3) is 0 Å². The molecule has 4 nitrogen and oxygen atoms in total. The fraction of sp³-hybridized carbons (Fsp3) is 0.889. The van der Waals surface area contributed by atoms with Crippen molar-refractivity contribution in [1.29, 1.82) is 0 Å². The van der Waals surface area contributed by atoms with Gasteiger partial charge in [0, 0.05) is 12.3 Å². The van der Waals surface area contributed by atoms with E-state index in [9.17, 15) is 0 Å². The molecule has 0 amide bonds. The number of aromatic nitrogens is 4. The van der Waals surface area contributed by atoms with E-state index in [1.807, 2.05) is 4.68 Å². The number of hydrogen-bond donors (Lipinski definition) is 0. The minimum absolute atomic E-state index is 0.580. The van der Waals surface area contributed by atoms with Crippen molar-refractivity contribution < 1.29 is 0 Å². The van der Waals surface area contributed by atoms with Gasteiger partial charge in [-0.3, -0.25) is 0 Å². The summed E-state index contributed by atoms with van der Waals surface area (Å²) in [4.78, 5) is 0. The second-order valence-electron chi connectivity index (χ2n) is 4.24. The molecule has 0 atom stereocenters. The third kappa shape index (κ3) is 3.65. The van der Waals surface area contributed by atoms with Gasteiger partial charge in [0.25, 0.3) is 0 Å². The van der Waals surface area contributed by atoms with E-state index in [4.69, 9.17) is 0 Å². The highest BCUT2D eigenvalue weighted by Gasteiger charge is 2.08. The molecule has 5 heteroatoms. The van der Waals surface area contributed by atoms with E-state index in [1.54, 1.807) is 11.8 Å². The van der Waals surface area contributed by atoms with Crippen LogP contribution in [0.15, 0.2) is 5.16 Å². The van der Waals surface area contributed by atoms with Crippen LogP contribution in [-0.2, 0) is 6.54 Å². The molecule has 0 aliphatic carbocycles. The number of hydrogen-bond acceptors (Lipinski definition) is 4. The molecule has 0 aliphatic heterocycles. The summed E-state index contributed by atoms with van der Waals surface area (Å²) in [5.74, 6) is 2.32. The van der Waals surface area contributed by atoms with Gasteiger partial charge in [0.2, 0.25) is 5.16 Å². The summed E-state index contributed by atoms with van der Waals surface area (Å²) in [7, 11) is 0. The molecule has 1 aromatic rings. The second-order valence-corrected chi connectivity index (χ2v) is 5.23. The Kier molecular flexibility index (Phi) is 4.38. The van der Waals surface area contributed by atoms with Crippen LogP contribution in [0, 0.1) is 11.8 Å². The van der Waals surface area contributed by atoms with Gasteiger partial charge in [-0.15, -0.1) is 5.10 Å². The molecule has 14 heavy (non-hydrogen) atoms. The first-order valence-corrected chi connectivity index (χ1v) is 5.97. The third-order valence-corrected chi connectivity index (χ3v) is 2.97. The Morgan fingerprint density at radius 2 is 1.93 bits per heavy atom. The number of tetrazole rings is 1. The van der Waals surface area contributed by atoms with Crippen LogP contribution in [0.3, 0.4) is 0 Å². The topological polar surface area (TPSA) is 43.6 Å². The van der Waals surface area contributed by atoms with Crippen LogP contribution >= 0.6 is 11.8 Å². The monoisotopic (exact) mass is 214 g/mol. The maximum absolute atomic E-state index is 4.01. The summed E-state index contributed by atoms with van der Waals surface area (Å²) in [6.45, 7) is 9.62. The lowest BCUT2D eigenvalue weighted by Gasteiger charge is -2.07. The molecule has 0 aromatic carbocycles. The van der Waals surface area contributed by atoms with Gasteiger partial charge in [0.15, 0.2) is 0 Å². The van der Waals surface area contributed by atoms with Crippen molar-refractivity contribution in [3.05, 3.63) is 0 Å². The smallest absolute Gasteiger partial charge is 0.209 e. The van der Waals surface area contributed by atoms with Crippen LogP contribution in [0.2, 0.25) is 0 Å². The average molecular weight is 214 g/mol. The first-order chi connectivity index (χ1) is 6.59. The molecule has 0 fully saturated rings. The van der Waals surface area contributed by atoms with E-state index < -0.39 is 0 Å². The van der Waals surface area contributed by atoms with Crippen LogP contribution in [0.4, 0.5) is 0 Å². The molecule has 0 spiro atoms. The van der Waals surface area contributed by atoms with Gasteiger partial charge in [-0.25, -0.2) is 4.68 Å². The summed E-state index contributed by atoms with van der Waals surface area (Å²) < 4.78 is 1.89. The Bertz CT molecular complexity index is 270. The van der Waals surface area contributed by atoms with Crippen molar-refractivity contribution in [3.8, 4) is 0 Å². The minimum atomic E-state index is 0.580. The molecule has 0 saturated carbocycles. The highest BCUT2D eigenvalue weighted by Crippen LogP contribution is 2.17. The standard InChI is InChI=1S/C9H18N4S/c1-7(2)5-13-9(10-11-12-13)14-6-8(3)4/h7-8H,5-6H2,1-4H3. The molecule has 0 saturated heterocycles. The van der Waals surface area contributed by atoms with Gasteiger partial charge in [-0.05, 0) is 22.3 Å². The predicted molar refractivity (Wildman–Crippen MR) is 58.2 cm³/mol. The fourth-order valence-electron chi connectivity index (χ4n) is 1.00. The number of rotatable bonds is 5. The zero-order chi connectivity index (χ0) is 10.6. The fourth-order valence-corrected chi connectivity index (χ4v) is 1.84. The van der Waals surface area contributed by atoms with Crippen molar-refractivity contribution in [3.63, 3.8) is 0 Å². The van der Waals surface area contributed by atoms with Gasteiger partial charge in [-0.2, -0.15) is 0 Å². The van der Waals surface area contributed by atoms with E-state index in [1.165, 1.54) is 0 Å². The summed E-state index contributed by atoms with van der Waals surface area (Å²) in [5, 5.41) is 12.6. The molecule has 1 aromatic heterocycles.